The molecule has 0 aliphatic carbocycles. The summed E-state index contributed by atoms with van der Waals surface area (Å²) >= 11 is 0. The number of hydrogen-bond acceptors (Lipinski definition) is 3. The normalized spacial score (nSPS) is 12.1. The third kappa shape index (κ3) is 2.82. The lowest BCUT2D eigenvalue weighted by Crippen LogP contribution is -2.38. The molecule has 1 aromatic rings. The standard InChI is InChI=1S/C10H15N3O3/c1-3-13-8(4-7(2)12-13)5-9(10(15)16)11-6-14/h4,6,9H,3,5H2,1-2H3,(H,11,14)(H,15,16). The van der Waals surface area contributed by atoms with Crippen molar-refractivity contribution in [2.45, 2.75) is 32.9 Å². The summed E-state index contributed by atoms with van der Waals surface area (Å²) in [6, 6.07) is 0.922. The number of carbonyl (C=O) groups excluding carboxylic acids is 1. The first-order chi connectivity index (χ1) is 7.58. The molecule has 0 aliphatic heterocycles. The first-order valence-electron chi connectivity index (χ1n) is 5.04. The molecule has 0 radical (unpaired) electrons. The van der Waals surface area contributed by atoms with Crippen LogP contribution < -0.4 is 5.32 Å². The van der Waals surface area contributed by atoms with Crippen molar-refractivity contribution >= 4 is 12.4 Å². The SMILES string of the molecule is CCn1nc(C)cc1CC(NC=O)C(=O)O. The molecule has 0 saturated heterocycles. The van der Waals surface area contributed by atoms with Gasteiger partial charge in [0.1, 0.15) is 6.04 Å². The van der Waals surface area contributed by atoms with E-state index in [9.17, 15) is 9.59 Å². The number of amides is 1. The van der Waals surface area contributed by atoms with Gasteiger partial charge < -0.3 is 10.4 Å². The summed E-state index contributed by atoms with van der Waals surface area (Å²) in [6.45, 7) is 4.45. The van der Waals surface area contributed by atoms with E-state index in [1.54, 1.807) is 4.68 Å². The highest BCUT2D eigenvalue weighted by Gasteiger charge is 2.19. The van der Waals surface area contributed by atoms with E-state index in [0.717, 1.165) is 11.4 Å². The summed E-state index contributed by atoms with van der Waals surface area (Å²) in [5.41, 5.74) is 1.65. The predicted molar refractivity (Wildman–Crippen MR) is 57.0 cm³/mol. The second-order valence-corrected chi connectivity index (χ2v) is 3.47. The Bertz CT molecular complexity index is 387. The van der Waals surface area contributed by atoms with Gasteiger partial charge in [-0.1, -0.05) is 0 Å². The van der Waals surface area contributed by atoms with Gasteiger partial charge in [0.25, 0.3) is 0 Å². The molecule has 16 heavy (non-hydrogen) atoms. The van der Waals surface area contributed by atoms with Crippen LogP contribution in [0.15, 0.2) is 6.07 Å². The average molecular weight is 225 g/mol. The summed E-state index contributed by atoms with van der Waals surface area (Å²) in [5, 5.41) is 15.4. The smallest absolute Gasteiger partial charge is 0.326 e. The van der Waals surface area contributed by atoms with E-state index in [0.29, 0.717) is 13.0 Å². The van der Waals surface area contributed by atoms with Crippen molar-refractivity contribution in [1.29, 1.82) is 0 Å². The Hall–Kier alpha value is -1.85. The monoisotopic (exact) mass is 225 g/mol. The molecule has 88 valence electrons. The lowest BCUT2D eigenvalue weighted by molar-refractivity contribution is -0.140. The fourth-order valence-electron chi connectivity index (χ4n) is 1.55. The van der Waals surface area contributed by atoms with Gasteiger partial charge in [-0.15, -0.1) is 0 Å². The van der Waals surface area contributed by atoms with Gasteiger partial charge >= 0.3 is 5.97 Å². The molecule has 0 aromatic carbocycles. The van der Waals surface area contributed by atoms with Gasteiger partial charge in [0, 0.05) is 18.7 Å². The molecule has 0 saturated carbocycles. The Kier molecular flexibility index (Phi) is 4.04. The molecular formula is C10H15N3O3. The summed E-state index contributed by atoms with van der Waals surface area (Å²) < 4.78 is 1.73. The first kappa shape index (κ1) is 12.2. The third-order valence-electron chi connectivity index (χ3n) is 2.27. The number of aromatic nitrogens is 2. The van der Waals surface area contributed by atoms with Gasteiger partial charge in [-0.25, -0.2) is 4.79 Å². The molecule has 1 rings (SSSR count). The highest BCUT2D eigenvalue weighted by molar-refractivity contribution is 5.76. The molecule has 1 amide bonds. The quantitative estimate of drug-likeness (QED) is 0.665. The lowest BCUT2D eigenvalue weighted by atomic mass is 10.1. The molecular weight excluding hydrogens is 210 g/mol. The molecule has 0 spiro atoms. The van der Waals surface area contributed by atoms with Crippen LogP contribution in [0.25, 0.3) is 0 Å². The first-order valence-corrected chi connectivity index (χ1v) is 5.04. The van der Waals surface area contributed by atoms with Crippen molar-refractivity contribution < 1.29 is 14.7 Å². The Morgan fingerprint density at radius 3 is 2.94 bits per heavy atom. The zero-order valence-electron chi connectivity index (χ0n) is 9.30. The zero-order valence-corrected chi connectivity index (χ0v) is 9.30. The number of aliphatic carboxylic acids is 1. The number of aryl methyl sites for hydroxylation is 2. The second-order valence-electron chi connectivity index (χ2n) is 3.47. The molecule has 1 heterocycles. The van der Waals surface area contributed by atoms with E-state index in [4.69, 9.17) is 5.11 Å². The van der Waals surface area contributed by atoms with Gasteiger partial charge in [0.2, 0.25) is 6.41 Å². The summed E-state index contributed by atoms with van der Waals surface area (Å²) in [7, 11) is 0. The molecule has 2 N–H and O–H groups in total. The summed E-state index contributed by atoms with van der Waals surface area (Å²) in [5.74, 6) is -1.05. The van der Waals surface area contributed by atoms with Gasteiger partial charge in [0.15, 0.2) is 0 Å². The molecule has 0 fully saturated rings. The van der Waals surface area contributed by atoms with E-state index in [1.807, 2.05) is 19.9 Å². The third-order valence-corrected chi connectivity index (χ3v) is 2.27. The molecule has 1 atom stereocenters. The highest BCUT2D eigenvalue weighted by atomic mass is 16.4. The van der Waals surface area contributed by atoms with Crippen molar-refractivity contribution in [3.8, 4) is 0 Å². The van der Waals surface area contributed by atoms with Crippen LogP contribution in [0.1, 0.15) is 18.3 Å². The number of nitrogens with zero attached hydrogens (tertiary/aromatic N) is 2. The fourth-order valence-corrected chi connectivity index (χ4v) is 1.55. The number of hydrogen-bond donors (Lipinski definition) is 2. The molecule has 1 unspecified atom stereocenters. The van der Waals surface area contributed by atoms with Crippen LogP contribution in [0.4, 0.5) is 0 Å². The maximum Gasteiger partial charge on any atom is 0.326 e. The van der Waals surface area contributed by atoms with Crippen LogP contribution >= 0.6 is 0 Å². The Balaban J connectivity index is 2.83. The minimum atomic E-state index is -1.05. The van der Waals surface area contributed by atoms with Crippen molar-refractivity contribution in [3.63, 3.8) is 0 Å². The van der Waals surface area contributed by atoms with E-state index in [1.165, 1.54) is 0 Å². The lowest BCUT2D eigenvalue weighted by Gasteiger charge is -2.11. The minimum Gasteiger partial charge on any atom is -0.480 e. The maximum atomic E-state index is 10.8. The Morgan fingerprint density at radius 1 is 1.75 bits per heavy atom. The van der Waals surface area contributed by atoms with Crippen LogP contribution in [0, 0.1) is 6.92 Å². The molecule has 1 aromatic heterocycles. The largest absolute Gasteiger partial charge is 0.480 e. The van der Waals surface area contributed by atoms with Crippen molar-refractivity contribution in [2.24, 2.45) is 0 Å². The summed E-state index contributed by atoms with van der Waals surface area (Å²) in [6.07, 6.45) is 0.640. The fraction of sp³-hybridized carbons (Fsp3) is 0.500. The average Bonchev–Trinajstić information content (AvgIpc) is 2.58. The van der Waals surface area contributed by atoms with Crippen molar-refractivity contribution in [3.05, 3.63) is 17.5 Å². The Morgan fingerprint density at radius 2 is 2.44 bits per heavy atom. The van der Waals surface area contributed by atoms with E-state index < -0.39 is 12.0 Å². The second kappa shape index (κ2) is 5.29. The van der Waals surface area contributed by atoms with Crippen molar-refractivity contribution in [2.75, 3.05) is 0 Å². The van der Waals surface area contributed by atoms with Gasteiger partial charge in [0.05, 0.1) is 5.69 Å². The van der Waals surface area contributed by atoms with E-state index in [2.05, 4.69) is 10.4 Å². The van der Waals surface area contributed by atoms with Gasteiger partial charge in [-0.3, -0.25) is 9.48 Å². The van der Waals surface area contributed by atoms with Crippen LogP contribution in [0.2, 0.25) is 0 Å². The molecule has 0 aliphatic rings. The maximum absolute atomic E-state index is 10.8. The van der Waals surface area contributed by atoms with Crippen LogP contribution in [0.3, 0.4) is 0 Å². The zero-order chi connectivity index (χ0) is 12.1. The van der Waals surface area contributed by atoms with Crippen molar-refractivity contribution in [1.82, 2.24) is 15.1 Å². The molecule has 6 heteroatoms. The van der Waals surface area contributed by atoms with Gasteiger partial charge in [-0.2, -0.15) is 5.10 Å². The Labute approximate surface area is 93.3 Å². The molecule has 6 nitrogen and oxygen atoms in total. The van der Waals surface area contributed by atoms with E-state index in [-0.39, 0.29) is 6.42 Å². The number of carboxylic acids is 1. The number of carbonyl (C=O) groups is 2. The van der Waals surface area contributed by atoms with Crippen LogP contribution in [-0.4, -0.2) is 33.3 Å². The number of rotatable bonds is 6. The van der Waals surface area contributed by atoms with E-state index >= 15 is 0 Å². The minimum absolute atomic E-state index is 0.239. The highest BCUT2D eigenvalue weighted by Crippen LogP contribution is 2.07. The molecule has 0 bridgehead atoms. The predicted octanol–water partition coefficient (Wildman–Crippen LogP) is -0.0469. The number of carboxylic acid groups (broad SMARTS) is 1. The number of nitrogens with one attached hydrogen (secondary N) is 1. The topological polar surface area (TPSA) is 84.2 Å². The van der Waals surface area contributed by atoms with Crippen LogP contribution in [0.5, 0.6) is 0 Å². The van der Waals surface area contributed by atoms with Gasteiger partial charge in [-0.05, 0) is 19.9 Å². The summed E-state index contributed by atoms with van der Waals surface area (Å²) in [4.78, 5) is 21.1. The van der Waals surface area contributed by atoms with Crippen LogP contribution in [-0.2, 0) is 22.6 Å².